The van der Waals surface area contributed by atoms with E-state index in [2.05, 4.69) is 5.32 Å². The van der Waals surface area contributed by atoms with Gasteiger partial charge in [0.1, 0.15) is 5.75 Å². The molecule has 1 aliphatic rings. The summed E-state index contributed by atoms with van der Waals surface area (Å²) in [7, 11) is 0. The van der Waals surface area contributed by atoms with Crippen molar-refractivity contribution in [1.82, 2.24) is 5.32 Å². The third-order valence-corrected chi connectivity index (χ3v) is 2.25. The molecule has 2 amide bonds. The van der Waals surface area contributed by atoms with Gasteiger partial charge < -0.3 is 10.1 Å². The highest BCUT2D eigenvalue weighted by atomic mass is 16.5. The van der Waals surface area contributed by atoms with Gasteiger partial charge in [-0.3, -0.25) is 9.69 Å². The van der Waals surface area contributed by atoms with E-state index in [1.54, 1.807) is 29.2 Å². The summed E-state index contributed by atoms with van der Waals surface area (Å²) in [6.45, 7) is 2.61. The maximum atomic E-state index is 11.4. The molecule has 1 aromatic carbocycles. The van der Waals surface area contributed by atoms with Crippen LogP contribution in [0.2, 0.25) is 0 Å². The van der Waals surface area contributed by atoms with Crippen LogP contribution in [0.5, 0.6) is 5.75 Å². The maximum Gasteiger partial charge on any atom is 0.321 e. The van der Waals surface area contributed by atoms with Gasteiger partial charge in [-0.2, -0.15) is 0 Å². The monoisotopic (exact) mass is 220 g/mol. The van der Waals surface area contributed by atoms with E-state index in [1.807, 2.05) is 0 Å². The van der Waals surface area contributed by atoms with Gasteiger partial charge in [0.25, 0.3) is 0 Å². The number of rotatable bonds is 2. The molecule has 0 bridgehead atoms. The van der Waals surface area contributed by atoms with Crippen molar-refractivity contribution in [3.05, 3.63) is 24.3 Å². The van der Waals surface area contributed by atoms with Gasteiger partial charge >= 0.3 is 12.0 Å². The van der Waals surface area contributed by atoms with E-state index in [9.17, 15) is 9.59 Å². The number of hydrogen-bond acceptors (Lipinski definition) is 3. The van der Waals surface area contributed by atoms with Crippen molar-refractivity contribution in [2.24, 2.45) is 0 Å². The summed E-state index contributed by atoms with van der Waals surface area (Å²) in [6.07, 6.45) is 0. The number of carbonyl (C=O) groups excluding carboxylic acids is 2. The molecule has 84 valence electrons. The number of nitrogens with one attached hydrogen (secondary N) is 1. The lowest BCUT2D eigenvalue weighted by atomic mass is 10.3. The van der Waals surface area contributed by atoms with Crippen LogP contribution in [-0.2, 0) is 4.79 Å². The third-order valence-electron chi connectivity index (χ3n) is 2.25. The molecule has 1 saturated heterocycles. The van der Waals surface area contributed by atoms with Crippen LogP contribution < -0.4 is 15.0 Å². The lowest BCUT2D eigenvalue weighted by Gasteiger charge is -2.14. The molecular weight excluding hydrogens is 208 g/mol. The number of urea groups is 1. The minimum absolute atomic E-state index is 0.125. The number of ether oxygens (including phenoxy) is 1. The second-order valence-electron chi connectivity index (χ2n) is 3.47. The molecular formula is C11H12N2O3. The van der Waals surface area contributed by atoms with Crippen molar-refractivity contribution >= 4 is 17.7 Å². The van der Waals surface area contributed by atoms with Gasteiger partial charge in [-0.1, -0.05) is 6.07 Å². The Morgan fingerprint density at radius 1 is 1.50 bits per heavy atom. The van der Waals surface area contributed by atoms with Crippen molar-refractivity contribution < 1.29 is 14.3 Å². The van der Waals surface area contributed by atoms with Crippen LogP contribution in [0.1, 0.15) is 6.92 Å². The lowest BCUT2D eigenvalue weighted by molar-refractivity contribution is -0.131. The summed E-state index contributed by atoms with van der Waals surface area (Å²) >= 11 is 0. The van der Waals surface area contributed by atoms with Crippen molar-refractivity contribution in [3.63, 3.8) is 0 Å². The Labute approximate surface area is 93.0 Å². The summed E-state index contributed by atoms with van der Waals surface area (Å²) in [5.74, 6) is 0.0766. The topological polar surface area (TPSA) is 58.6 Å². The Bertz CT molecular complexity index is 431. The largest absolute Gasteiger partial charge is 0.427 e. The number of esters is 1. The lowest BCUT2D eigenvalue weighted by Crippen LogP contribution is -2.27. The average Bonchev–Trinajstić information content (AvgIpc) is 2.64. The number of amides is 2. The van der Waals surface area contributed by atoms with Gasteiger partial charge in [-0.25, -0.2) is 4.79 Å². The smallest absolute Gasteiger partial charge is 0.321 e. The highest BCUT2D eigenvalue weighted by molar-refractivity contribution is 5.94. The van der Waals surface area contributed by atoms with Crippen LogP contribution in [0.4, 0.5) is 10.5 Å². The number of carbonyl (C=O) groups is 2. The molecule has 0 radical (unpaired) electrons. The molecule has 1 fully saturated rings. The zero-order valence-corrected chi connectivity index (χ0v) is 8.90. The van der Waals surface area contributed by atoms with Gasteiger partial charge in [0.15, 0.2) is 0 Å². The van der Waals surface area contributed by atoms with Crippen LogP contribution in [0.15, 0.2) is 24.3 Å². The molecule has 2 rings (SSSR count). The summed E-state index contributed by atoms with van der Waals surface area (Å²) in [5, 5.41) is 2.71. The average molecular weight is 220 g/mol. The predicted molar refractivity (Wildman–Crippen MR) is 58.5 cm³/mol. The van der Waals surface area contributed by atoms with E-state index in [1.165, 1.54) is 6.92 Å². The fraction of sp³-hybridized carbons (Fsp3) is 0.273. The second-order valence-corrected chi connectivity index (χ2v) is 3.47. The molecule has 5 nitrogen and oxygen atoms in total. The fourth-order valence-corrected chi connectivity index (χ4v) is 1.60. The molecule has 1 N–H and O–H groups in total. The molecule has 0 spiro atoms. The van der Waals surface area contributed by atoms with Gasteiger partial charge in [-0.15, -0.1) is 0 Å². The summed E-state index contributed by atoms with van der Waals surface area (Å²) in [5.41, 5.74) is 0.730. The van der Waals surface area contributed by atoms with Crippen LogP contribution in [0.25, 0.3) is 0 Å². The van der Waals surface area contributed by atoms with Gasteiger partial charge in [-0.05, 0) is 12.1 Å². The molecule has 0 saturated carbocycles. The van der Waals surface area contributed by atoms with Crippen LogP contribution in [-0.4, -0.2) is 25.1 Å². The van der Waals surface area contributed by atoms with E-state index in [-0.39, 0.29) is 12.0 Å². The summed E-state index contributed by atoms with van der Waals surface area (Å²) in [6, 6.07) is 6.78. The Hall–Kier alpha value is -2.04. The minimum atomic E-state index is -0.372. The summed E-state index contributed by atoms with van der Waals surface area (Å²) < 4.78 is 4.95. The van der Waals surface area contributed by atoms with E-state index in [4.69, 9.17) is 4.74 Å². The zero-order chi connectivity index (χ0) is 11.5. The first-order valence-corrected chi connectivity index (χ1v) is 5.00. The highest BCUT2D eigenvalue weighted by Crippen LogP contribution is 2.22. The fourth-order valence-electron chi connectivity index (χ4n) is 1.60. The quantitative estimate of drug-likeness (QED) is 0.600. The molecule has 0 unspecified atom stereocenters. The Kier molecular flexibility index (Phi) is 2.76. The van der Waals surface area contributed by atoms with E-state index in [0.717, 1.165) is 5.69 Å². The molecule has 0 aromatic heterocycles. The van der Waals surface area contributed by atoms with Crippen LogP contribution in [0.3, 0.4) is 0 Å². The Morgan fingerprint density at radius 3 is 2.94 bits per heavy atom. The SMILES string of the molecule is CC(=O)Oc1cccc(N2CCNC2=O)c1. The van der Waals surface area contributed by atoms with Gasteiger partial charge in [0, 0.05) is 31.8 Å². The van der Waals surface area contributed by atoms with E-state index in [0.29, 0.717) is 18.8 Å². The number of nitrogens with zero attached hydrogens (tertiary/aromatic N) is 1. The predicted octanol–water partition coefficient (Wildman–Crippen LogP) is 1.14. The standard InChI is InChI=1S/C11H12N2O3/c1-8(14)16-10-4-2-3-9(7-10)13-6-5-12-11(13)15/h2-4,7H,5-6H2,1H3,(H,12,15). The Balaban J connectivity index is 2.21. The first kappa shape index (κ1) is 10.5. The van der Waals surface area contributed by atoms with Crippen molar-refractivity contribution in [2.45, 2.75) is 6.92 Å². The number of anilines is 1. The molecule has 1 aromatic rings. The minimum Gasteiger partial charge on any atom is -0.427 e. The van der Waals surface area contributed by atoms with Gasteiger partial charge in [0.05, 0.1) is 0 Å². The zero-order valence-electron chi connectivity index (χ0n) is 8.90. The van der Waals surface area contributed by atoms with Crippen LogP contribution >= 0.6 is 0 Å². The second kappa shape index (κ2) is 4.22. The first-order chi connectivity index (χ1) is 7.66. The third kappa shape index (κ3) is 2.13. The number of hydrogen-bond donors (Lipinski definition) is 1. The van der Waals surface area contributed by atoms with Crippen molar-refractivity contribution in [2.75, 3.05) is 18.0 Å². The normalized spacial score (nSPS) is 14.8. The maximum absolute atomic E-state index is 11.4. The van der Waals surface area contributed by atoms with Gasteiger partial charge in [0.2, 0.25) is 0 Å². The molecule has 0 aliphatic carbocycles. The molecule has 16 heavy (non-hydrogen) atoms. The van der Waals surface area contributed by atoms with Crippen molar-refractivity contribution in [1.29, 1.82) is 0 Å². The van der Waals surface area contributed by atoms with E-state index < -0.39 is 0 Å². The molecule has 0 atom stereocenters. The Morgan fingerprint density at radius 2 is 2.31 bits per heavy atom. The molecule has 1 heterocycles. The van der Waals surface area contributed by atoms with E-state index >= 15 is 0 Å². The van der Waals surface area contributed by atoms with Crippen molar-refractivity contribution in [3.8, 4) is 5.75 Å². The van der Waals surface area contributed by atoms with Crippen LogP contribution in [0, 0.1) is 0 Å². The molecule has 5 heteroatoms. The molecule has 1 aliphatic heterocycles. The highest BCUT2D eigenvalue weighted by Gasteiger charge is 2.21. The summed E-state index contributed by atoms with van der Waals surface area (Å²) in [4.78, 5) is 23.8. The number of benzene rings is 1. The first-order valence-electron chi connectivity index (χ1n) is 5.00.